The summed E-state index contributed by atoms with van der Waals surface area (Å²) in [5, 5.41) is 15.3. The minimum absolute atomic E-state index is 0.0989. The van der Waals surface area contributed by atoms with E-state index in [9.17, 15) is 14.7 Å². The zero-order valence-electron chi connectivity index (χ0n) is 24.0. The molecule has 222 valence electrons. The Kier molecular flexibility index (Phi) is 6.50. The summed E-state index contributed by atoms with van der Waals surface area (Å²) in [5.41, 5.74) is 3.23. The fourth-order valence-corrected chi connectivity index (χ4v) is 8.69. The lowest BCUT2D eigenvalue weighted by molar-refractivity contribution is -0.136. The van der Waals surface area contributed by atoms with Gasteiger partial charge < -0.3 is 19.8 Å². The number of benzene rings is 3. The smallest absolute Gasteiger partial charge is 0.251 e. The van der Waals surface area contributed by atoms with Crippen LogP contribution in [0.15, 0.2) is 94.5 Å². The molecule has 6 atom stereocenters. The fourth-order valence-electron chi connectivity index (χ4n) is 8.52. The first kappa shape index (κ1) is 27.4. The predicted octanol–water partition coefficient (Wildman–Crippen LogP) is 6.69. The van der Waals surface area contributed by atoms with Gasteiger partial charge in [0.2, 0.25) is 5.89 Å². The molecule has 0 radical (unpaired) electrons. The third-order valence-electron chi connectivity index (χ3n) is 10.1. The molecular formula is C36H32ClN3O4. The number of nitrogens with zero attached hydrogens (tertiary/aromatic N) is 1. The Morgan fingerprint density at radius 3 is 2.41 bits per heavy atom. The van der Waals surface area contributed by atoms with E-state index >= 15 is 0 Å². The summed E-state index contributed by atoms with van der Waals surface area (Å²) in [6, 6.07) is 22.6. The van der Waals surface area contributed by atoms with Crippen LogP contribution < -0.4 is 10.7 Å². The van der Waals surface area contributed by atoms with Gasteiger partial charge in [-0.1, -0.05) is 54.1 Å². The predicted molar refractivity (Wildman–Crippen MR) is 169 cm³/mol. The van der Waals surface area contributed by atoms with E-state index in [-0.39, 0.29) is 17.4 Å². The number of nitrogens with one attached hydrogen (secondary N) is 2. The van der Waals surface area contributed by atoms with Crippen LogP contribution in [0.25, 0.3) is 22.5 Å². The molecule has 1 amide bonds. The summed E-state index contributed by atoms with van der Waals surface area (Å²) in [6.45, 7) is 0. The van der Waals surface area contributed by atoms with Crippen molar-refractivity contribution in [3.63, 3.8) is 0 Å². The normalized spacial score (nSPS) is 26.1. The first-order valence-electron chi connectivity index (χ1n) is 15.3. The lowest BCUT2D eigenvalue weighted by Gasteiger charge is -2.58. The Hall–Kier alpha value is -4.20. The van der Waals surface area contributed by atoms with Gasteiger partial charge in [-0.25, -0.2) is 4.98 Å². The van der Waals surface area contributed by atoms with Crippen LogP contribution in [0.1, 0.15) is 65.1 Å². The number of oxazole rings is 1. The van der Waals surface area contributed by atoms with Crippen molar-refractivity contribution in [3.05, 3.63) is 123 Å². The number of aromatic amines is 1. The number of fused-ring (bicyclic) bond motifs is 1. The van der Waals surface area contributed by atoms with Gasteiger partial charge >= 0.3 is 0 Å². The number of H-pyrrole nitrogens is 1. The first-order valence-corrected chi connectivity index (χ1v) is 15.7. The highest BCUT2D eigenvalue weighted by molar-refractivity contribution is 6.31. The minimum atomic E-state index is -0.539. The second-order valence-electron chi connectivity index (χ2n) is 12.9. The largest absolute Gasteiger partial charge is 0.443 e. The van der Waals surface area contributed by atoms with Gasteiger partial charge in [-0.05, 0) is 91.3 Å². The van der Waals surface area contributed by atoms with E-state index in [2.05, 4.69) is 15.3 Å². The quantitative estimate of drug-likeness (QED) is 0.200. The van der Waals surface area contributed by atoms with Crippen LogP contribution in [-0.2, 0) is 0 Å². The monoisotopic (exact) mass is 605 g/mol. The maximum absolute atomic E-state index is 14.3. The number of pyridine rings is 1. The van der Waals surface area contributed by atoms with E-state index in [1.807, 2.05) is 54.6 Å². The summed E-state index contributed by atoms with van der Waals surface area (Å²) in [4.78, 5) is 35.5. The molecule has 0 spiro atoms. The summed E-state index contributed by atoms with van der Waals surface area (Å²) < 4.78 is 5.70. The molecule has 5 aromatic rings. The molecule has 3 aromatic carbocycles. The number of carbonyl (C=O) groups excluding carboxylic acids is 1. The Balaban J connectivity index is 1.18. The van der Waals surface area contributed by atoms with Crippen molar-refractivity contribution in [1.82, 2.24) is 15.3 Å². The number of rotatable bonds is 6. The average Bonchev–Trinajstić information content (AvgIpc) is 3.55. The van der Waals surface area contributed by atoms with Gasteiger partial charge in [0.15, 0.2) is 5.43 Å². The Morgan fingerprint density at radius 2 is 1.73 bits per heavy atom. The number of amides is 1. The summed E-state index contributed by atoms with van der Waals surface area (Å²) in [6.07, 6.45) is 7.67. The van der Waals surface area contributed by atoms with Gasteiger partial charge in [0.25, 0.3) is 5.91 Å². The van der Waals surface area contributed by atoms with Crippen molar-refractivity contribution < 1.29 is 14.3 Å². The molecule has 7 nitrogen and oxygen atoms in total. The zero-order valence-corrected chi connectivity index (χ0v) is 24.8. The summed E-state index contributed by atoms with van der Waals surface area (Å²) in [5.74, 6) is 0.982. The van der Waals surface area contributed by atoms with Gasteiger partial charge in [0.1, 0.15) is 12.0 Å². The lowest BCUT2D eigenvalue weighted by atomic mass is 9.52. The Morgan fingerprint density at radius 1 is 1.00 bits per heavy atom. The Labute approximate surface area is 259 Å². The van der Waals surface area contributed by atoms with Gasteiger partial charge in [-0.15, -0.1) is 0 Å². The maximum Gasteiger partial charge on any atom is 0.251 e. The third-order valence-corrected chi connectivity index (χ3v) is 10.3. The molecule has 2 aromatic heterocycles. The fraction of sp³-hybridized carbons (Fsp3) is 0.306. The SMILES string of the molecule is O=C(NC1[C@@H]2CC3C[C@H]1CC(O)(C3)C2)c1ccc(C(c2ccccc2)c2c(-c3ncco3)[nH]c3cc(Cl)ccc3c2=O)cc1. The zero-order chi connectivity index (χ0) is 30.0. The summed E-state index contributed by atoms with van der Waals surface area (Å²) >= 11 is 6.28. The van der Waals surface area contributed by atoms with Crippen molar-refractivity contribution in [3.8, 4) is 11.6 Å². The maximum atomic E-state index is 14.3. The van der Waals surface area contributed by atoms with E-state index < -0.39 is 11.5 Å². The Bertz CT molecular complexity index is 1900. The van der Waals surface area contributed by atoms with E-state index in [0.29, 0.717) is 56.4 Å². The summed E-state index contributed by atoms with van der Waals surface area (Å²) in [7, 11) is 0. The van der Waals surface area contributed by atoms with Crippen LogP contribution >= 0.6 is 11.6 Å². The van der Waals surface area contributed by atoms with E-state index in [1.54, 1.807) is 24.4 Å². The second kappa shape index (κ2) is 10.5. The number of aliphatic hydroxyl groups is 1. The van der Waals surface area contributed by atoms with Crippen LogP contribution in [-0.4, -0.2) is 32.6 Å². The molecular weight excluding hydrogens is 574 g/mol. The van der Waals surface area contributed by atoms with E-state index in [4.69, 9.17) is 16.0 Å². The molecule has 8 heteroatoms. The number of hydrogen-bond acceptors (Lipinski definition) is 5. The molecule has 4 aliphatic rings. The topological polar surface area (TPSA) is 108 Å². The van der Waals surface area contributed by atoms with Crippen LogP contribution in [0, 0.1) is 17.8 Å². The van der Waals surface area contributed by atoms with Gasteiger partial charge in [-0.3, -0.25) is 9.59 Å². The van der Waals surface area contributed by atoms with Crippen molar-refractivity contribution >= 4 is 28.4 Å². The van der Waals surface area contributed by atoms with Crippen LogP contribution in [0.3, 0.4) is 0 Å². The first-order chi connectivity index (χ1) is 21.3. The highest BCUT2D eigenvalue weighted by Gasteiger charge is 2.55. The highest BCUT2D eigenvalue weighted by Crippen LogP contribution is 2.55. The van der Waals surface area contributed by atoms with Crippen molar-refractivity contribution in [2.24, 2.45) is 17.8 Å². The standard InChI is InChI=1S/C36H32ClN3O4/c37-26-10-11-27-28(16-26)39-32(35-38-12-13-44-35)30(33(27)41)29(21-4-2-1-3-5-21)22-6-8-23(9-7-22)34(42)40-31-24-14-20-15-25(31)19-36(43,17-20)18-24/h1-13,16,20,24-25,29,31,43H,14-15,17-19H2,(H,39,41)(H,40,42)/t20?,24-,25+,29?,31?,36?. The molecule has 3 N–H and O–H groups in total. The number of aromatic nitrogens is 2. The van der Waals surface area contributed by atoms with Gasteiger partial charge in [-0.2, -0.15) is 0 Å². The molecule has 2 heterocycles. The number of carbonyl (C=O) groups is 1. The van der Waals surface area contributed by atoms with Gasteiger partial charge in [0.05, 0.1) is 17.3 Å². The number of hydrogen-bond donors (Lipinski definition) is 3. The molecule has 4 saturated carbocycles. The molecule has 4 aliphatic carbocycles. The molecule has 4 unspecified atom stereocenters. The van der Waals surface area contributed by atoms with Crippen LogP contribution in [0.2, 0.25) is 5.02 Å². The van der Waals surface area contributed by atoms with E-state index in [0.717, 1.165) is 43.2 Å². The van der Waals surface area contributed by atoms with E-state index in [1.165, 1.54) is 6.26 Å². The molecule has 0 aliphatic heterocycles. The lowest BCUT2D eigenvalue weighted by Crippen LogP contribution is -2.61. The minimum Gasteiger partial charge on any atom is -0.443 e. The van der Waals surface area contributed by atoms with Crippen molar-refractivity contribution in [1.29, 1.82) is 0 Å². The molecule has 0 saturated heterocycles. The van der Waals surface area contributed by atoms with Gasteiger partial charge in [0, 0.05) is 33.5 Å². The molecule has 9 rings (SSSR count). The molecule has 4 fully saturated rings. The molecule has 44 heavy (non-hydrogen) atoms. The molecule has 4 bridgehead atoms. The van der Waals surface area contributed by atoms with Crippen LogP contribution in [0.5, 0.6) is 0 Å². The second-order valence-corrected chi connectivity index (χ2v) is 13.4. The third kappa shape index (κ3) is 4.66. The van der Waals surface area contributed by atoms with Crippen molar-refractivity contribution in [2.45, 2.75) is 49.7 Å². The highest BCUT2D eigenvalue weighted by atomic mass is 35.5. The number of halogens is 1. The van der Waals surface area contributed by atoms with Crippen LogP contribution in [0.4, 0.5) is 0 Å². The average molecular weight is 606 g/mol. The van der Waals surface area contributed by atoms with Crippen molar-refractivity contribution in [2.75, 3.05) is 0 Å².